The van der Waals surface area contributed by atoms with Crippen molar-refractivity contribution in [3.8, 4) is 5.75 Å². The molecule has 0 aliphatic carbocycles. The summed E-state index contributed by atoms with van der Waals surface area (Å²) in [6.07, 6.45) is 0.883. The van der Waals surface area contributed by atoms with E-state index < -0.39 is 10.0 Å². The lowest BCUT2D eigenvalue weighted by Gasteiger charge is -2.35. The lowest BCUT2D eigenvalue weighted by molar-refractivity contribution is 0.0108. The summed E-state index contributed by atoms with van der Waals surface area (Å²) in [5.74, 6) is 0.371. The highest BCUT2D eigenvalue weighted by molar-refractivity contribution is 7.92. The van der Waals surface area contributed by atoms with E-state index in [1.807, 2.05) is 0 Å². The van der Waals surface area contributed by atoms with Crippen LogP contribution in [0.5, 0.6) is 5.75 Å². The highest BCUT2D eigenvalue weighted by Gasteiger charge is 2.28. The van der Waals surface area contributed by atoms with Gasteiger partial charge in [0.05, 0.1) is 16.6 Å². The molecular formula is C26H37N3O5S. The first-order chi connectivity index (χ1) is 16.7. The zero-order chi connectivity index (χ0) is 25.6. The lowest BCUT2D eigenvalue weighted by Crippen LogP contribution is -2.46. The van der Waals surface area contributed by atoms with E-state index in [1.165, 1.54) is 12.1 Å². The van der Waals surface area contributed by atoms with E-state index in [0.717, 1.165) is 19.5 Å². The van der Waals surface area contributed by atoms with Gasteiger partial charge in [0, 0.05) is 39.0 Å². The Balaban J connectivity index is 1.96. The van der Waals surface area contributed by atoms with Crippen LogP contribution in [0.3, 0.4) is 0 Å². The number of anilines is 1. The van der Waals surface area contributed by atoms with Gasteiger partial charge in [-0.3, -0.25) is 14.4 Å². The molecule has 0 fully saturated rings. The van der Waals surface area contributed by atoms with Crippen molar-refractivity contribution in [2.45, 2.75) is 44.2 Å². The van der Waals surface area contributed by atoms with Crippen molar-refractivity contribution >= 4 is 21.6 Å². The van der Waals surface area contributed by atoms with Crippen molar-refractivity contribution in [3.05, 3.63) is 54.1 Å². The Kier molecular flexibility index (Phi) is 9.15. The molecule has 0 bridgehead atoms. The molecule has 3 rings (SSSR count). The number of sulfonamides is 1. The van der Waals surface area contributed by atoms with Crippen LogP contribution in [0.4, 0.5) is 5.69 Å². The summed E-state index contributed by atoms with van der Waals surface area (Å²) in [6, 6.07) is 13.1. The molecule has 1 amide bonds. The topological polar surface area (TPSA) is 88.2 Å². The van der Waals surface area contributed by atoms with Crippen molar-refractivity contribution in [2.75, 3.05) is 45.1 Å². The van der Waals surface area contributed by atoms with E-state index >= 15 is 0 Å². The van der Waals surface area contributed by atoms with E-state index in [2.05, 4.69) is 30.4 Å². The predicted octanol–water partition coefficient (Wildman–Crippen LogP) is 3.70. The second-order valence-electron chi connectivity index (χ2n) is 9.22. The fourth-order valence-electron chi connectivity index (χ4n) is 4.33. The average molecular weight is 504 g/mol. The number of fused-ring (bicyclic) bond motifs is 1. The number of nitrogens with one attached hydrogen (secondary N) is 1. The molecular weight excluding hydrogens is 466 g/mol. The fourth-order valence-corrected chi connectivity index (χ4v) is 5.40. The summed E-state index contributed by atoms with van der Waals surface area (Å²) in [5.41, 5.74) is 0.598. The van der Waals surface area contributed by atoms with Crippen LogP contribution < -0.4 is 9.46 Å². The van der Waals surface area contributed by atoms with E-state index in [-0.39, 0.29) is 28.9 Å². The Morgan fingerprint density at radius 2 is 1.83 bits per heavy atom. The summed E-state index contributed by atoms with van der Waals surface area (Å²) in [6.45, 7) is 9.00. The van der Waals surface area contributed by atoms with Gasteiger partial charge >= 0.3 is 0 Å². The van der Waals surface area contributed by atoms with Crippen LogP contribution in [-0.2, 0) is 14.8 Å². The van der Waals surface area contributed by atoms with E-state index in [4.69, 9.17) is 9.47 Å². The normalized spacial score (nSPS) is 22.5. The molecule has 192 valence electrons. The Labute approximate surface area is 209 Å². The van der Waals surface area contributed by atoms with Gasteiger partial charge in [-0.2, -0.15) is 0 Å². The van der Waals surface area contributed by atoms with Gasteiger partial charge in [0.2, 0.25) is 0 Å². The van der Waals surface area contributed by atoms with Crippen molar-refractivity contribution in [1.82, 2.24) is 9.80 Å². The molecule has 35 heavy (non-hydrogen) atoms. The second-order valence-corrected chi connectivity index (χ2v) is 10.9. The number of benzene rings is 2. The first-order valence-corrected chi connectivity index (χ1v) is 13.5. The minimum atomic E-state index is -3.80. The number of nitrogens with zero attached hydrogens (tertiary/aromatic N) is 2. The zero-order valence-electron chi connectivity index (χ0n) is 21.2. The van der Waals surface area contributed by atoms with Crippen molar-refractivity contribution < 1.29 is 22.7 Å². The Bertz CT molecular complexity index is 1090. The van der Waals surface area contributed by atoms with Gasteiger partial charge in [-0.25, -0.2) is 8.42 Å². The van der Waals surface area contributed by atoms with Crippen molar-refractivity contribution in [2.24, 2.45) is 5.92 Å². The molecule has 0 saturated carbocycles. The molecule has 8 nitrogen and oxygen atoms in total. The minimum absolute atomic E-state index is 0.131. The summed E-state index contributed by atoms with van der Waals surface area (Å²) < 4.78 is 40.1. The molecule has 1 heterocycles. The molecule has 1 aliphatic heterocycles. The fraction of sp³-hybridized carbons (Fsp3) is 0.500. The number of hydrogen-bond donors (Lipinski definition) is 1. The summed E-state index contributed by atoms with van der Waals surface area (Å²) >= 11 is 0. The quantitative estimate of drug-likeness (QED) is 0.647. The van der Waals surface area contributed by atoms with Gasteiger partial charge in [0.25, 0.3) is 15.9 Å². The monoisotopic (exact) mass is 503 g/mol. The number of amides is 1. The Hall–Kier alpha value is -2.62. The van der Waals surface area contributed by atoms with Crippen LogP contribution in [0.2, 0.25) is 0 Å². The molecule has 1 N–H and O–H groups in total. The maximum Gasteiger partial charge on any atom is 0.261 e. The number of carbonyl (C=O) groups is 1. The van der Waals surface area contributed by atoms with Gasteiger partial charge in [-0.15, -0.1) is 0 Å². The summed E-state index contributed by atoms with van der Waals surface area (Å²) in [7, 11) is -0.397. The summed E-state index contributed by atoms with van der Waals surface area (Å²) in [5, 5.41) is 0. The van der Waals surface area contributed by atoms with Crippen molar-refractivity contribution in [3.63, 3.8) is 0 Å². The second kappa shape index (κ2) is 11.9. The molecule has 0 unspecified atom stereocenters. The van der Waals surface area contributed by atoms with Gasteiger partial charge in [0.1, 0.15) is 12.4 Å². The maximum absolute atomic E-state index is 13.5. The number of hydrogen-bond acceptors (Lipinski definition) is 6. The standard InChI is InChI=1S/C26H37N3O5S/c1-6-14-29-16-19(2)25(33-5)17-28(4)26(30)23-15-21(12-13-24(23)34-18-20(29)3)27-35(31,32)22-10-8-7-9-11-22/h7-13,15,19-20,25,27H,6,14,16-18H2,1-5H3/t19-,20+,25+/m1/s1. The minimum Gasteiger partial charge on any atom is -0.491 e. The number of carbonyl (C=O) groups excluding carboxylic acids is 1. The van der Waals surface area contributed by atoms with E-state index in [0.29, 0.717) is 30.2 Å². The third kappa shape index (κ3) is 6.74. The number of likely N-dealkylation sites (N-methyl/N-ethyl adjacent to an activating group) is 1. The highest BCUT2D eigenvalue weighted by atomic mass is 32.2. The Morgan fingerprint density at radius 1 is 1.11 bits per heavy atom. The van der Waals surface area contributed by atoms with Gasteiger partial charge < -0.3 is 14.4 Å². The van der Waals surface area contributed by atoms with Crippen LogP contribution in [0, 0.1) is 5.92 Å². The molecule has 3 atom stereocenters. The number of rotatable bonds is 6. The summed E-state index contributed by atoms with van der Waals surface area (Å²) in [4.78, 5) is 17.6. The van der Waals surface area contributed by atoms with E-state index in [9.17, 15) is 13.2 Å². The van der Waals surface area contributed by atoms with Crippen molar-refractivity contribution in [1.29, 1.82) is 0 Å². The molecule has 0 saturated heterocycles. The zero-order valence-corrected chi connectivity index (χ0v) is 22.0. The first kappa shape index (κ1) is 27.0. The first-order valence-electron chi connectivity index (χ1n) is 12.0. The molecule has 0 spiro atoms. The average Bonchev–Trinajstić information content (AvgIpc) is 2.85. The van der Waals surface area contributed by atoms with Crippen LogP contribution in [0.1, 0.15) is 37.6 Å². The molecule has 2 aromatic rings. The predicted molar refractivity (Wildman–Crippen MR) is 137 cm³/mol. The molecule has 0 radical (unpaired) electrons. The molecule has 2 aromatic carbocycles. The van der Waals surface area contributed by atoms with Crippen LogP contribution in [-0.4, -0.2) is 76.7 Å². The molecule has 0 aromatic heterocycles. The SMILES string of the molecule is CCCN1C[C@@H](C)[C@@H](OC)CN(C)C(=O)c2cc(NS(=O)(=O)c3ccccc3)ccc2OC[C@@H]1C. The smallest absolute Gasteiger partial charge is 0.261 e. The molecule has 9 heteroatoms. The van der Waals surface area contributed by atoms with Gasteiger partial charge in [-0.05, 0) is 56.1 Å². The lowest BCUT2D eigenvalue weighted by atomic mass is 10.0. The van der Waals surface area contributed by atoms with Crippen LogP contribution >= 0.6 is 0 Å². The van der Waals surface area contributed by atoms with Gasteiger partial charge in [-0.1, -0.05) is 32.0 Å². The third-order valence-corrected chi connectivity index (χ3v) is 7.79. The van der Waals surface area contributed by atoms with E-state index in [1.54, 1.807) is 55.5 Å². The Morgan fingerprint density at radius 3 is 2.49 bits per heavy atom. The van der Waals surface area contributed by atoms with Gasteiger partial charge in [0.15, 0.2) is 0 Å². The molecule has 1 aliphatic rings. The maximum atomic E-state index is 13.5. The number of ether oxygens (including phenoxy) is 2. The van der Waals surface area contributed by atoms with Crippen LogP contribution in [0.15, 0.2) is 53.4 Å². The third-order valence-electron chi connectivity index (χ3n) is 6.39. The largest absolute Gasteiger partial charge is 0.491 e. The number of methoxy groups -OCH3 is 1. The highest BCUT2D eigenvalue weighted by Crippen LogP contribution is 2.27. The van der Waals surface area contributed by atoms with Crippen LogP contribution in [0.25, 0.3) is 0 Å².